The van der Waals surface area contributed by atoms with E-state index in [2.05, 4.69) is 5.16 Å². The summed E-state index contributed by atoms with van der Waals surface area (Å²) in [5.74, 6) is 0.300. The van der Waals surface area contributed by atoms with Crippen molar-refractivity contribution in [3.8, 4) is 33.2 Å². The van der Waals surface area contributed by atoms with Gasteiger partial charge in [0, 0.05) is 28.1 Å². The second-order valence-corrected chi connectivity index (χ2v) is 8.36. The van der Waals surface area contributed by atoms with Crippen LogP contribution in [-0.4, -0.2) is 42.2 Å². The number of fused-ring (bicyclic) bond motifs is 3. The lowest BCUT2D eigenvalue weighted by atomic mass is 9.94. The van der Waals surface area contributed by atoms with Gasteiger partial charge in [-0.3, -0.25) is 0 Å². The Kier molecular flexibility index (Phi) is 5.73. The molecule has 0 fully saturated rings. The zero-order valence-electron chi connectivity index (χ0n) is 17.8. The Bertz CT molecular complexity index is 1150. The van der Waals surface area contributed by atoms with Gasteiger partial charge in [-0.2, -0.15) is 0 Å². The van der Waals surface area contributed by atoms with Gasteiger partial charge in [-0.1, -0.05) is 11.2 Å². The maximum absolute atomic E-state index is 12.3. The molecule has 1 aliphatic heterocycles. The standard InChI is InChI=1S/C23H24N2O5S/c1-13(2)30-18-11-15-14(10-17(18)28-3)7-8-25-21(15)20(19-6-5-9-31-19)16(12-24-29-4)22(25)23(26)27/h5-6,9-13H,7-8H2,1-4H3,(H,26,27)/b24-12+. The van der Waals surface area contributed by atoms with Crippen LogP contribution in [0.25, 0.3) is 21.7 Å². The van der Waals surface area contributed by atoms with Crippen molar-refractivity contribution < 1.29 is 24.2 Å². The molecule has 7 nitrogen and oxygen atoms in total. The van der Waals surface area contributed by atoms with Crippen LogP contribution in [0.4, 0.5) is 0 Å². The number of oxime groups is 1. The largest absolute Gasteiger partial charge is 0.493 e. The zero-order valence-corrected chi connectivity index (χ0v) is 18.7. The number of carboxylic acid groups (broad SMARTS) is 1. The molecule has 31 heavy (non-hydrogen) atoms. The molecule has 0 radical (unpaired) electrons. The summed E-state index contributed by atoms with van der Waals surface area (Å²) < 4.78 is 13.4. The number of hydrogen-bond acceptors (Lipinski definition) is 6. The molecule has 0 aliphatic carbocycles. The first kappa shape index (κ1) is 21.0. The number of aryl methyl sites for hydroxylation is 1. The highest BCUT2D eigenvalue weighted by atomic mass is 32.1. The monoisotopic (exact) mass is 440 g/mol. The summed E-state index contributed by atoms with van der Waals surface area (Å²) in [5.41, 5.74) is 4.42. The second kappa shape index (κ2) is 8.47. The molecule has 1 aliphatic rings. The fourth-order valence-corrected chi connectivity index (χ4v) is 4.83. The number of ether oxygens (including phenoxy) is 2. The van der Waals surface area contributed by atoms with E-state index in [1.54, 1.807) is 18.4 Å². The molecule has 8 heteroatoms. The average Bonchev–Trinajstić information content (AvgIpc) is 3.36. The van der Waals surface area contributed by atoms with Crippen LogP contribution in [0.15, 0.2) is 34.8 Å². The van der Waals surface area contributed by atoms with E-state index in [1.165, 1.54) is 13.3 Å². The van der Waals surface area contributed by atoms with E-state index in [0.29, 0.717) is 30.0 Å². The summed E-state index contributed by atoms with van der Waals surface area (Å²) in [6.45, 7) is 4.46. The van der Waals surface area contributed by atoms with Crippen LogP contribution in [0.1, 0.15) is 35.5 Å². The van der Waals surface area contributed by atoms with Gasteiger partial charge in [0.05, 0.1) is 25.1 Å². The van der Waals surface area contributed by atoms with Crippen molar-refractivity contribution in [2.75, 3.05) is 14.2 Å². The van der Waals surface area contributed by atoms with Gasteiger partial charge >= 0.3 is 5.97 Å². The van der Waals surface area contributed by atoms with E-state index >= 15 is 0 Å². The minimum absolute atomic E-state index is 0.0296. The first-order valence-electron chi connectivity index (χ1n) is 9.94. The number of rotatable bonds is 7. The average molecular weight is 441 g/mol. The second-order valence-electron chi connectivity index (χ2n) is 7.41. The first-order chi connectivity index (χ1) is 15.0. The lowest BCUT2D eigenvalue weighted by Gasteiger charge is -2.24. The number of hydrogen-bond donors (Lipinski definition) is 1. The fraction of sp³-hybridized carbons (Fsp3) is 0.304. The Hall–Kier alpha value is -3.26. The number of carbonyl (C=O) groups is 1. The number of aromatic carboxylic acids is 1. The van der Waals surface area contributed by atoms with E-state index in [-0.39, 0.29) is 11.8 Å². The number of methoxy groups -OCH3 is 1. The van der Waals surface area contributed by atoms with Crippen LogP contribution in [0, 0.1) is 0 Å². The van der Waals surface area contributed by atoms with Crippen LogP contribution in [0.3, 0.4) is 0 Å². The highest BCUT2D eigenvalue weighted by Crippen LogP contribution is 2.47. The molecule has 2 aromatic heterocycles. The molecule has 0 amide bonds. The number of thiophene rings is 1. The Balaban J connectivity index is 2.06. The van der Waals surface area contributed by atoms with Crippen molar-refractivity contribution in [3.63, 3.8) is 0 Å². The van der Waals surface area contributed by atoms with Gasteiger partial charge in [-0.05, 0) is 49.4 Å². The smallest absolute Gasteiger partial charge is 0.353 e. The van der Waals surface area contributed by atoms with E-state index in [0.717, 1.165) is 27.3 Å². The molecular formula is C23H24N2O5S. The fourth-order valence-electron chi connectivity index (χ4n) is 4.04. The van der Waals surface area contributed by atoms with Gasteiger partial charge in [-0.15, -0.1) is 11.3 Å². The minimum atomic E-state index is -1.00. The molecule has 1 N–H and O–H groups in total. The molecule has 0 atom stereocenters. The van der Waals surface area contributed by atoms with Crippen LogP contribution in [0.2, 0.25) is 0 Å². The summed E-state index contributed by atoms with van der Waals surface area (Å²) in [5, 5.41) is 15.9. The van der Waals surface area contributed by atoms with Crippen LogP contribution >= 0.6 is 11.3 Å². The predicted octanol–water partition coefficient (Wildman–Crippen LogP) is 4.91. The van der Waals surface area contributed by atoms with Crippen LogP contribution in [-0.2, 0) is 17.8 Å². The number of carboxylic acids is 1. The summed E-state index contributed by atoms with van der Waals surface area (Å²) in [6, 6.07) is 7.89. The van der Waals surface area contributed by atoms with Gasteiger partial charge in [0.15, 0.2) is 11.5 Å². The molecule has 0 spiro atoms. The third-order valence-electron chi connectivity index (χ3n) is 5.17. The van der Waals surface area contributed by atoms with Crippen molar-refractivity contribution in [1.82, 2.24) is 4.57 Å². The SMILES string of the molecule is CO/N=C/c1c(-c2cccs2)c2n(c1C(=O)O)CCc1cc(OC)c(OC(C)C)cc1-2. The van der Waals surface area contributed by atoms with Gasteiger partial charge in [0.1, 0.15) is 12.8 Å². The molecular weight excluding hydrogens is 416 g/mol. The molecule has 0 unspecified atom stereocenters. The molecule has 0 saturated carbocycles. The van der Waals surface area contributed by atoms with E-state index in [1.807, 2.05) is 48.1 Å². The predicted molar refractivity (Wildman–Crippen MR) is 121 cm³/mol. The molecule has 3 aromatic rings. The van der Waals surface area contributed by atoms with E-state index < -0.39 is 5.97 Å². The lowest BCUT2D eigenvalue weighted by molar-refractivity contribution is 0.0685. The Morgan fingerprint density at radius 3 is 2.71 bits per heavy atom. The molecule has 0 saturated heterocycles. The maximum atomic E-state index is 12.3. The third kappa shape index (κ3) is 3.67. The number of aromatic nitrogens is 1. The lowest BCUT2D eigenvalue weighted by Crippen LogP contribution is -2.17. The first-order valence-corrected chi connectivity index (χ1v) is 10.8. The Morgan fingerprint density at radius 2 is 2.10 bits per heavy atom. The van der Waals surface area contributed by atoms with Crippen LogP contribution in [0.5, 0.6) is 11.5 Å². The Labute approximate surface area is 184 Å². The summed E-state index contributed by atoms with van der Waals surface area (Å²) in [6.07, 6.45) is 2.14. The van der Waals surface area contributed by atoms with E-state index in [9.17, 15) is 9.90 Å². The highest BCUT2D eigenvalue weighted by molar-refractivity contribution is 7.13. The number of nitrogens with zero attached hydrogens (tertiary/aromatic N) is 2. The summed E-state index contributed by atoms with van der Waals surface area (Å²) in [4.78, 5) is 18.1. The molecule has 162 valence electrons. The molecule has 0 bridgehead atoms. The molecule has 4 rings (SSSR count). The number of benzene rings is 1. The quantitative estimate of drug-likeness (QED) is 0.417. The van der Waals surface area contributed by atoms with Gasteiger partial charge in [0.2, 0.25) is 0 Å². The van der Waals surface area contributed by atoms with Crippen molar-refractivity contribution in [2.24, 2.45) is 5.16 Å². The van der Waals surface area contributed by atoms with Gasteiger partial charge in [0.25, 0.3) is 0 Å². The van der Waals surface area contributed by atoms with Crippen LogP contribution < -0.4 is 9.47 Å². The van der Waals surface area contributed by atoms with Crippen molar-refractivity contribution >= 4 is 23.5 Å². The zero-order chi connectivity index (χ0) is 22.1. The van der Waals surface area contributed by atoms with Crippen molar-refractivity contribution in [1.29, 1.82) is 0 Å². The minimum Gasteiger partial charge on any atom is -0.493 e. The summed E-state index contributed by atoms with van der Waals surface area (Å²) >= 11 is 1.55. The Morgan fingerprint density at radius 1 is 1.29 bits per heavy atom. The van der Waals surface area contributed by atoms with Crippen molar-refractivity contribution in [3.05, 3.63) is 46.5 Å². The van der Waals surface area contributed by atoms with E-state index in [4.69, 9.17) is 14.3 Å². The topological polar surface area (TPSA) is 82.3 Å². The highest BCUT2D eigenvalue weighted by Gasteiger charge is 2.32. The molecule has 1 aromatic carbocycles. The van der Waals surface area contributed by atoms with Gasteiger partial charge < -0.3 is 24.0 Å². The maximum Gasteiger partial charge on any atom is 0.353 e. The van der Waals surface area contributed by atoms with Crippen molar-refractivity contribution in [2.45, 2.75) is 32.9 Å². The summed E-state index contributed by atoms with van der Waals surface area (Å²) in [7, 11) is 3.06. The normalized spacial score (nSPS) is 12.7. The third-order valence-corrected chi connectivity index (χ3v) is 6.06. The molecule has 3 heterocycles. The van der Waals surface area contributed by atoms with Gasteiger partial charge in [-0.25, -0.2) is 4.79 Å².